The van der Waals surface area contributed by atoms with E-state index in [2.05, 4.69) is 16.2 Å². The van der Waals surface area contributed by atoms with Crippen LogP contribution in [0.1, 0.15) is 0 Å². The van der Waals surface area contributed by atoms with Crippen molar-refractivity contribution in [3.8, 4) is 22.8 Å². The highest BCUT2D eigenvalue weighted by atomic mass is 16.5. The van der Waals surface area contributed by atoms with Gasteiger partial charge in [-0.05, 0) is 30.3 Å². The minimum Gasteiger partial charge on any atom is -0.493 e. The van der Waals surface area contributed by atoms with Gasteiger partial charge >= 0.3 is 0 Å². The van der Waals surface area contributed by atoms with Crippen molar-refractivity contribution in [2.24, 2.45) is 0 Å². The molecule has 0 spiro atoms. The lowest BCUT2D eigenvalue weighted by molar-refractivity contribution is 0.355. The van der Waals surface area contributed by atoms with E-state index in [-0.39, 0.29) is 0 Å². The third-order valence-electron chi connectivity index (χ3n) is 3.05. The van der Waals surface area contributed by atoms with Crippen LogP contribution in [0.4, 0.5) is 0 Å². The molecule has 0 saturated carbocycles. The zero-order valence-electron chi connectivity index (χ0n) is 11.3. The number of methoxy groups -OCH3 is 2. The molecule has 20 heavy (non-hydrogen) atoms. The van der Waals surface area contributed by atoms with Crippen molar-refractivity contribution in [3.63, 3.8) is 0 Å². The molecule has 0 atom stereocenters. The number of ether oxygens (including phenoxy) is 2. The Bertz CT molecular complexity index is 756. The molecule has 1 heterocycles. The van der Waals surface area contributed by atoms with E-state index in [0.29, 0.717) is 17.2 Å². The number of rotatable bonds is 3. The van der Waals surface area contributed by atoms with E-state index < -0.39 is 0 Å². The van der Waals surface area contributed by atoms with Crippen LogP contribution in [-0.2, 0) is 0 Å². The summed E-state index contributed by atoms with van der Waals surface area (Å²) in [5.41, 5.74) is 3.25. The first-order valence-electron chi connectivity index (χ1n) is 6.18. The molecule has 0 bridgehead atoms. The summed E-state index contributed by atoms with van der Waals surface area (Å²) in [6.45, 7) is 0. The Morgan fingerprint density at radius 3 is 2.40 bits per heavy atom. The van der Waals surface area contributed by atoms with Crippen LogP contribution in [0.3, 0.4) is 0 Å². The molecule has 0 aliphatic carbocycles. The lowest BCUT2D eigenvalue weighted by Crippen LogP contribution is -1.93. The third kappa shape index (κ3) is 2.16. The molecular weight excluding hydrogens is 252 g/mol. The number of benzene rings is 2. The second kappa shape index (κ2) is 5.17. The molecule has 0 saturated heterocycles. The third-order valence-corrected chi connectivity index (χ3v) is 3.05. The van der Waals surface area contributed by atoms with Crippen LogP contribution in [0.2, 0.25) is 0 Å². The average molecular weight is 265 g/mol. The molecule has 1 aromatic heterocycles. The molecular formula is C16H13N2O2. The Morgan fingerprint density at radius 1 is 0.900 bits per heavy atom. The van der Waals surface area contributed by atoms with Crippen molar-refractivity contribution < 1.29 is 9.47 Å². The van der Waals surface area contributed by atoms with Crippen molar-refractivity contribution in [1.82, 2.24) is 9.97 Å². The number of nitrogens with zero attached hydrogens (tertiary/aromatic N) is 2. The van der Waals surface area contributed by atoms with Crippen LogP contribution in [0, 0.1) is 6.20 Å². The van der Waals surface area contributed by atoms with E-state index in [9.17, 15) is 0 Å². The summed E-state index contributed by atoms with van der Waals surface area (Å²) in [7, 11) is 3.22. The SMILES string of the molecule is COc1ccc(-c2[c]nc3ccccc3n2)cc1OC. The minimum absolute atomic E-state index is 0.661. The predicted molar refractivity (Wildman–Crippen MR) is 76.9 cm³/mol. The van der Waals surface area contributed by atoms with E-state index in [1.165, 1.54) is 0 Å². The molecule has 4 nitrogen and oxygen atoms in total. The molecule has 1 radical (unpaired) electrons. The fraction of sp³-hybridized carbons (Fsp3) is 0.125. The van der Waals surface area contributed by atoms with Gasteiger partial charge in [0.25, 0.3) is 0 Å². The number of hydrogen-bond donors (Lipinski definition) is 0. The second-order valence-electron chi connectivity index (χ2n) is 4.24. The predicted octanol–water partition coefficient (Wildman–Crippen LogP) is 3.11. The summed E-state index contributed by atoms with van der Waals surface area (Å²) < 4.78 is 10.5. The smallest absolute Gasteiger partial charge is 0.161 e. The maximum atomic E-state index is 5.30. The standard InChI is InChI=1S/C16H13N2O2/c1-19-15-8-7-11(9-16(15)20-2)14-10-17-12-5-3-4-6-13(12)18-14/h3-9H,1-2H3. The van der Waals surface area contributed by atoms with Crippen molar-refractivity contribution >= 4 is 11.0 Å². The first kappa shape index (κ1) is 12.4. The molecule has 3 rings (SSSR count). The summed E-state index contributed by atoms with van der Waals surface area (Å²) in [5, 5.41) is 0. The fourth-order valence-corrected chi connectivity index (χ4v) is 2.02. The first-order chi connectivity index (χ1) is 9.81. The van der Waals surface area contributed by atoms with Crippen molar-refractivity contribution in [3.05, 3.63) is 48.7 Å². The van der Waals surface area contributed by atoms with Gasteiger partial charge in [-0.25, -0.2) is 9.97 Å². The monoisotopic (exact) mass is 265 g/mol. The number of fused-ring (bicyclic) bond motifs is 1. The van der Waals surface area contributed by atoms with Crippen molar-refractivity contribution in [2.45, 2.75) is 0 Å². The molecule has 0 unspecified atom stereocenters. The van der Waals surface area contributed by atoms with Gasteiger partial charge in [-0.2, -0.15) is 0 Å². The number of aromatic nitrogens is 2. The van der Waals surface area contributed by atoms with E-state index in [1.807, 2.05) is 42.5 Å². The topological polar surface area (TPSA) is 44.2 Å². The van der Waals surface area contributed by atoms with Crippen LogP contribution in [0.15, 0.2) is 42.5 Å². The highest BCUT2D eigenvalue weighted by molar-refractivity contribution is 5.77. The molecule has 4 heteroatoms. The first-order valence-corrected chi connectivity index (χ1v) is 6.18. The van der Waals surface area contributed by atoms with Gasteiger partial charge in [0.1, 0.15) is 6.20 Å². The lowest BCUT2D eigenvalue weighted by atomic mass is 10.1. The number of hydrogen-bond acceptors (Lipinski definition) is 4. The number of para-hydroxylation sites is 2. The Balaban J connectivity index is 2.10. The molecule has 0 N–H and O–H groups in total. The van der Waals surface area contributed by atoms with Crippen molar-refractivity contribution in [1.29, 1.82) is 0 Å². The Morgan fingerprint density at radius 2 is 1.65 bits per heavy atom. The van der Waals surface area contributed by atoms with Gasteiger partial charge in [0, 0.05) is 5.56 Å². The maximum Gasteiger partial charge on any atom is 0.161 e. The van der Waals surface area contributed by atoms with Gasteiger partial charge in [-0.1, -0.05) is 12.1 Å². The molecule has 3 aromatic rings. The van der Waals surface area contributed by atoms with Crippen molar-refractivity contribution in [2.75, 3.05) is 14.2 Å². The van der Waals surface area contributed by atoms with E-state index in [4.69, 9.17) is 9.47 Å². The Hall–Kier alpha value is -2.62. The summed E-state index contributed by atoms with van der Waals surface area (Å²) in [4.78, 5) is 8.86. The highest BCUT2D eigenvalue weighted by Crippen LogP contribution is 2.31. The molecule has 0 aliphatic rings. The molecule has 99 valence electrons. The van der Waals surface area contributed by atoms with Crippen LogP contribution in [0.5, 0.6) is 11.5 Å². The summed E-state index contributed by atoms with van der Waals surface area (Å²) in [6, 6.07) is 13.3. The quantitative estimate of drug-likeness (QED) is 0.730. The van der Waals surface area contributed by atoms with Crippen LogP contribution in [0.25, 0.3) is 22.3 Å². The van der Waals surface area contributed by atoms with E-state index in [0.717, 1.165) is 16.6 Å². The zero-order chi connectivity index (χ0) is 13.9. The molecule has 2 aromatic carbocycles. The normalized spacial score (nSPS) is 10.5. The average Bonchev–Trinajstić information content (AvgIpc) is 2.53. The largest absolute Gasteiger partial charge is 0.493 e. The molecule has 0 fully saturated rings. The van der Waals surface area contributed by atoms with E-state index in [1.54, 1.807) is 14.2 Å². The van der Waals surface area contributed by atoms with Gasteiger partial charge < -0.3 is 9.47 Å². The van der Waals surface area contributed by atoms with Gasteiger partial charge in [-0.15, -0.1) is 0 Å². The summed E-state index contributed by atoms with van der Waals surface area (Å²) in [5.74, 6) is 1.35. The highest BCUT2D eigenvalue weighted by Gasteiger charge is 2.08. The molecule has 0 aliphatic heterocycles. The van der Waals surface area contributed by atoms with Crippen LogP contribution < -0.4 is 9.47 Å². The van der Waals surface area contributed by atoms with E-state index >= 15 is 0 Å². The Labute approximate surface area is 117 Å². The maximum absolute atomic E-state index is 5.30. The summed E-state index contributed by atoms with van der Waals surface area (Å²) in [6.07, 6.45) is 2.96. The Kier molecular flexibility index (Phi) is 3.21. The zero-order valence-corrected chi connectivity index (χ0v) is 11.3. The van der Waals surface area contributed by atoms with Gasteiger partial charge in [0.05, 0.1) is 30.9 Å². The van der Waals surface area contributed by atoms with Crippen LogP contribution in [-0.4, -0.2) is 24.2 Å². The van der Waals surface area contributed by atoms with Crippen LogP contribution >= 0.6 is 0 Å². The fourth-order valence-electron chi connectivity index (χ4n) is 2.02. The second-order valence-corrected chi connectivity index (χ2v) is 4.24. The van der Waals surface area contributed by atoms with Gasteiger partial charge in [0.15, 0.2) is 11.5 Å². The summed E-state index contributed by atoms with van der Waals surface area (Å²) >= 11 is 0. The minimum atomic E-state index is 0.661. The lowest BCUT2D eigenvalue weighted by Gasteiger charge is -2.09. The van der Waals surface area contributed by atoms with Gasteiger partial charge in [-0.3, -0.25) is 0 Å². The molecule has 0 amide bonds. The van der Waals surface area contributed by atoms with Gasteiger partial charge in [0.2, 0.25) is 0 Å².